The highest BCUT2D eigenvalue weighted by molar-refractivity contribution is 5.74. The molecule has 0 bridgehead atoms. The number of hydrogen-bond acceptors (Lipinski definition) is 2. The molecule has 0 saturated carbocycles. The third-order valence-corrected chi connectivity index (χ3v) is 5.64. The predicted molar refractivity (Wildman–Crippen MR) is 115 cm³/mol. The van der Waals surface area contributed by atoms with Crippen LogP contribution in [0.4, 0.5) is 4.79 Å². The summed E-state index contributed by atoms with van der Waals surface area (Å²) in [5, 5.41) is 3.06. The lowest BCUT2D eigenvalue weighted by Crippen LogP contribution is -2.39. The first-order valence-corrected chi connectivity index (χ1v) is 10.3. The summed E-state index contributed by atoms with van der Waals surface area (Å²) in [5.74, 6) is 1.37. The standard InChI is InChI=1S/C24H28N4O/c1-19-16-26-23(28(19)17-21-10-6-3-7-11-21)22-13-15-27(18-22)24(29)25-14-12-20-8-4-2-5-9-20/h2-11,16,22H,12-15,17-18H2,1H3,(H,25,29). The Morgan fingerprint density at radius 2 is 1.76 bits per heavy atom. The molecule has 5 nitrogen and oxygen atoms in total. The molecule has 1 aliphatic rings. The monoisotopic (exact) mass is 388 g/mol. The van der Waals surface area contributed by atoms with E-state index in [4.69, 9.17) is 4.98 Å². The topological polar surface area (TPSA) is 50.2 Å². The maximum absolute atomic E-state index is 12.6. The minimum absolute atomic E-state index is 0.0290. The van der Waals surface area contributed by atoms with E-state index in [2.05, 4.69) is 53.2 Å². The molecule has 1 fully saturated rings. The lowest BCUT2D eigenvalue weighted by Gasteiger charge is -2.18. The van der Waals surface area contributed by atoms with Gasteiger partial charge in [0.1, 0.15) is 5.82 Å². The molecule has 0 radical (unpaired) electrons. The smallest absolute Gasteiger partial charge is 0.317 e. The molecule has 1 unspecified atom stereocenters. The number of nitrogens with one attached hydrogen (secondary N) is 1. The largest absolute Gasteiger partial charge is 0.338 e. The van der Waals surface area contributed by atoms with Crippen LogP contribution in [0.25, 0.3) is 0 Å². The van der Waals surface area contributed by atoms with E-state index < -0.39 is 0 Å². The van der Waals surface area contributed by atoms with Gasteiger partial charge in [-0.15, -0.1) is 0 Å². The van der Waals surface area contributed by atoms with Gasteiger partial charge in [-0.1, -0.05) is 60.7 Å². The van der Waals surface area contributed by atoms with Gasteiger partial charge in [-0.05, 0) is 30.9 Å². The summed E-state index contributed by atoms with van der Waals surface area (Å²) in [4.78, 5) is 19.2. The van der Waals surface area contributed by atoms with Crippen molar-refractivity contribution in [3.8, 4) is 0 Å². The maximum Gasteiger partial charge on any atom is 0.317 e. The average molecular weight is 389 g/mol. The second-order valence-electron chi connectivity index (χ2n) is 7.73. The van der Waals surface area contributed by atoms with E-state index in [0.29, 0.717) is 6.54 Å². The third-order valence-electron chi connectivity index (χ3n) is 5.64. The van der Waals surface area contributed by atoms with E-state index in [1.54, 1.807) is 0 Å². The third kappa shape index (κ3) is 4.67. The van der Waals surface area contributed by atoms with E-state index in [1.807, 2.05) is 35.4 Å². The van der Waals surface area contributed by atoms with Crippen molar-refractivity contribution in [1.82, 2.24) is 19.8 Å². The Bertz CT molecular complexity index is 936. The van der Waals surface area contributed by atoms with Gasteiger partial charge >= 0.3 is 6.03 Å². The Morgan fingerprint density at radius 3 is 2.48 bits per heavy atom. The first kappa shape index (κ1) is 19.2. The molecular formula is C24H28N4O. The van der Waals surface area contributed by atoms with Gasteiger partial charge in [0.25, 0.3) is 0 Å². The molecule has 5 heteroatoms. The molecule has 2 amide bonds. The Hall–Kier alpha value is -3.08. The van der Waals surface area contributed by atoms with Crippen LogP contribution >= 0.6 is 0 Å². The van der Waals surface area contributed by atoms with E-state index in [9.17, 15) is 4.79 Å². The highest BCUT2D eigenvalue weighted by Gasteiger charge is 2.30. The van der Waals surface area contributed by atoms with Crippen LogP contribution in [-0.2, 0) is 13.0 Å². The van der Waals surface area contributed by atoms with Gasteiger partial charge in [-0.2, -0.15) is 0 Å². The molecule has 29 heavy (non-hydrogen) atoms. The zero-order valence-electron chi connectivity index (χ0n) is 16.9. The number of carbonyl (C=O) groups excluding carboxylic acids is 1. The van der Waals surface area contributed by atoms with Crippen molar-refractivity contribution in [2.45, 2.75) is 32.2 Å². The van der Waals surface area contributed by atoms with E-state index in [-0.39, 0.29) is 11.9 Å². The first-order valence-electron chi connectivity index (χ1n) is 10.3. The fraction of sp³-hybridized carbons (Fsp3) is 0.333. The normalized spacial score (nSPS) is 16.2. The minimum Gasteiger partial charge on any atom is -0.338 e. The summed E-state index contributed by atoms with van der Waals surface area (Å²) < 4.78 is 2.29. The van der Waals surface area contributed by atoms with Gasteiger partial charge < -0.3 is 14.8 Å². The Kier molecular flexibility index (Phi) is 5.94. The number of amides is 2. The molecule has 2 heterocycles. The minimum atomic E-state index is 0.0290. The number of imidazole rings is 1. The van der Waals surface area contributed by atoms with Crippen molar-refractivity contribution in [2.24, 2.45) is 0 Å². The van der Waals surface area contributed by atoms with Gasteiger partial charge in [0.15, 0.2) is 0 Å². The van der Waals surface area contributed by atoms with Gasteiger partial charge in [-0.3, -0.25) is 0 Å². The molecule has 1 N–H and O–H groups in total. The van der Waals surface area contributed by atoms with Gasteiger partial charge in [0.05, 0.1) is 0 Å². The molecule has 1 aliphatic heterocycles. The second kappa shape index (κ2) is 8.95. The number of aryl methyl sites for hydroxylation is 1. The summed E-state index contributed by atoms with van der Waals surface area (Å²) in [5.41, 5.74) is 3.67. The molecule has 3 aromatic rings. The highest BCUT2D eigenvalue weighted by atomic mass is 16.2. The fourth-order valence-corrected chi connectivity index (χ4v) is 4.00. The van der Waals surface area contributed by atoms with Gasteiger partial charge in [-0.25, -0.2) is 9.78 Å². The number of hydrogen-bond donors (Lipinski definition) is 1. The number of likely N-dealkylation sites (tertiary alicyclic amines) is 1. The van der Waals surface area contributed by atoms with Crippen molar-refractivity contribution in [1.29, 1.82) is 0 Å². The SMILES string of the molecule is Cc1cnc(C2CCN(C(=O)NCCc3ccccc3)C2)n1Cc1ccccc1. The number of benzene rings is 2. The summed E-state index contributed by atoms with van der Waals surface area (Å²) in [6.45, 7) is 5.08. The molecule has 1 atom stereocenters. The number of nitrogens with zero attached hydrogens (tertiary/aromatic N) is 3. The number of urea groups is 1. The fourth-order valence-electron chi connectivity index (χ4n) is 4.00. The Morgan fingerprint density at radius 1 is 1.07 bits per heavy atom. The molecule has 0 aliphatic carbocycles. The van der Waals surface area contributed by atoms with Crippen LogP contribution in [-0.4, -0.2) is 40.1 Å². The number of carbonyl (C=O) groups is 1. The van der Waals surface area contributed by atoms with Crippen LogP contribution in [0.5, 0.6) is 0 Å². The van der Waals surface area contributed by atoms with Crippen LogP contribution in [0.15, 0.2) is 66.9 Å². The van der Waals surface area contributed by atoms with E-state index in [1.165, 1.54) is 11.1 Å². The maximum atomic E-state index is 12.6. The van der Waals surface area contributed by atoms with Crippen LogP contribution in [0.2, 0.25) is 0 Å². The molecule has 0 spiro atoms. The lowest BCUT2D eigenvalue weighted by molar-refractivity contribution is 0.208. The number of aromatic nitrogens is 2. The summed E-state index contributed by atoms with van der Waals surface area (Å²) in [6.07, 6.45) is 3.75. The molecule has 1 saturated heterocycles. The van der Waals surface area contributed by atoms with Gasteiger partial charge in [0.2, 0.25) is 0 Å². The van der Waals surface area contributed by atoms with Crippen LogP contribution in [0.1, 0.15) is 35.0 Å². The highest BCUT2D eigenvalue weighted by Crippen LogP contribution is 2.27. The van der Waals surface area contributed by atoms with Crippen LogP contribution < -0.4 is 5.32 Å². The molecular weight excluding hydrogens is 360 g/mol. The molecule has 2 aromatic carbocycles. The van der Waals surface area contributed by atoms with Crippen molar-refractivity contribution >= 4 is 6.03 Å². The second-order valence-corrected chi connectivity index (χ2v) is 7.73. The first-order chi connectivity index (χ1) is 14.2. The predicted octanol–water partition coefficient (Wildman–Crippen LogP) is 3.98. The summed E-state index contributed by atoms with van der Waals surface area (Å²) in [7, 11) is 0. The van der Waals surface area contributed by atoms with Gasteiger partial charge in [0, 0.05) is 44.0 Å². The number of rotatable bonds is 6. The van der Waals surface area contributed by atoms with E-state index in [0.717, 1.165) is 44.0 Å². The Labute approximate surface area is 172 Å². The Balaban J connectivity index is 1.34. The zero-order valence-corrected chi connectivity index (χ0v) is 16.9. The molecule has 4 rings (SSSR count). The molecule has 1 aromatic heterocycles. The summed E-state index contributed by atoms with van der Waals surface area (Å²) >= 11 is 0. The zero-order chi connectivity index (χ0) is 20.1. The van der Waals surface area contributed by atoms with Crippen molar-refractivity contribution in [3.05, 3.63) is 89.5 Å². The van der Waals surface area contributed by atoms with Crippen LogP contribution in [0, 0.1) is 6.92 Å². The van der Waals surface area contributed by atoms with Crippen LogP contribution in [0.3, 0.4) is 0 Å². The lowest BCUT2D eigenvalue weighted by atomic mass is 10.1. The van der Waals surface area contributed by atoms with Crippen molar-refractivity contribution in [2.75, 3.05) is 19.6 Å². The summed E-state index contributed by atoms with van der Waals surface area (Å²) in [6, 6.07) is 20.7. The van der Waals surface area contributed by atoms with E-state index >= 15 is 0 Å². The quantitative estimate of drug-likeness (QED) is 0.694. The molecule has 150 valence electrons. The average Bonchev–Trinajstić information content (AvgIpc) is 3.37. The van der Waals surface area contributed by atoms with Crippen molar-refractivity contribution < 1.29 is 4.79 Å². The van der Waals surface area contributed by atoms with Crippen molar-refractivity contribution in [3.63, 3.8) is 0 Å².